The molecule has 0 amide bonds. The lowest BCUT2D eigenvalue weighted by molar-refractivity contribution is 0.639. The molecule has 88 valence electrons. The van der Waals surface area contributed by atoms with Crippen LogP contribution in [0, 0.1) is 0 Å². The smallest absolute Gasteiger partial charge is 0.162 e. The number of aryl methyl sites for hydroxylation is 1. The van der Waals surface area contributed by atoms with Crippen LogP contribution < -0.4 is 0 Å². The predicted octanol–water partition coefficient (Wildman–Crippen LogP) is 2.68. The van der Waals surface area contributed by atoms with E-state index in [0.717, 1.165) is 34.8 Å². The number of aromatic nitrogens is 4. The largest absolute Gasteiger partial charge is 0.247 e. The van der Waals surface area contributed by atoms with Crippen molar-refractivity contribution in [3.05, 3.63) is 37.8 Å². The van der Waals surface area contributed by atoms with E-state index in [-0.39, 0.29) is 0 Å². The minimum absolute atomic E-state index is 0.801. The fraction of sp³-hybridized carbons (Fsp3) is 0.250. The summed E-state index contributed by atoms with van der Waals surface area (Å²) in [6.07, 6.45) is 8.03. The van der Waals surface area contributed by atoms with E-state index >= 15 is 0 Å². The maximum atomic E-state index is 4.33. The first-order valence-electron chi connectivity index (χ1n) is 5.38. The summed E-state index contributed by atoms with van der Waals surface area (Å²) in [4.78, 5) is 8.55. The minimum Gasteiger partial charge on any atom is -0.247 e. The molecule has 0 unspecified atom stereocenters. The van der Waals surface area contributed by atoms with Crippen molar-refractivity contribution in [2.75, 3.05) is 5.75 Å². The zero-order chi connectivity index (χ0) is 12.1. The van der Waals surface area contributed by atoms with Crippen LogP contribution in [-0.2, 0) is 6.54 Å². The van der Waals surface area contributed by atoms with Gasteiger partial charge in [0, 0.05) is 12.3 Å². The number of nitrogens with zero attached hydrogens (tertiary/aromatic N) is 4. The van der Waals surface area contributed by atoms with Gasteiger partial charge in [0.15, 0.2) is 5.65 Å². The Labute approximate surface area is 104 Å². The zero-order valence-corrected chi connectivity index (χ0v) is 10.4. The van der Waals surface area contributed by atoms with Gasteiger partial charge >= 0.3 is 0 Å². The summed E-state index contributed by atoms with van der Waals surface area (Å²) < 4.78 is 1.89. The summed E-state index contributed by atoms with van der Waals surface area (Å²) in [7, 11) is 0. The molecule has 4 nitrogen and oxygen atoms in total. The van der Waals surface area contributed by atoms with Crippen LogP contribution in [0.15, 0.2) is 42.9 Å². The van der Waals surface area contributed by atoms with Crippen LogP contribution in [0.25, 0.3) is 11.0 Å². The third-order valence-electron chi connectivity index (χ3n) is 2.28. The third-order valence-corrected chi connectivity index (χ3v) is 3.28. The van der Waals surface area contributed by atoms with Gasteiger partial charge in [0.25, 0.3) is 0 Å². The lowest BCUT2D eigenvalue weighted by Crippen LogP contribution is -2.00. The average Bonchev–Trinajstić information content (AvgIpc) is 2.77. The summed E-state index contributed by atoms with van der Waals surface area (Å²) in [5.74, 6) is 0.837. The molecule has 0 spiro atoms. The Bertz CT molecular complexity index is 532. The lowest BCUT2D eigenvalue weighted by atomic mass is 10.4. The molecule has 0 N–H and O–H groups in total. The molecule has 0 atom stereocenters. The molecule has 2 heterocycles. The molecule has 0 bridgehead atoms. The summed E-state index contributed by atoms with van der Waals surface area (Å²) >= 11 is 1.64. The highest BCUT2D eigenvalue weighted by Crippen LogP contribution is 2.24. The van der Waals surface area contributed by atoms with Crippen molar-refractivity contribution >= 4 is 22.8 Å². The fourth-order valence-corrected chi connectivity index (χ4v) is 2.20. The van der Waals surface area contributed by atoms with E-state index in [1.54, 1.807) is 18.1 Å². The van der Waals surface area contributed by atoms with Crippen molar-refractivity contribution in [3.8, 4) is 0 Å². The Morgan fingerprint density at radius 1 is 1.29 bits per heavy atom. The minimum atomic E-state index is 0.801. The Kier molecular flexibility index (Phi) is 3.93. The monoisotopic (exact) mass is 246 g/mol. The first-order valence-corrected chi connectivity index (χ1v) is 6.36. The first kappa shape index (κ1) is 11.9. The first-order chi connectivity index (χ1) is 8.36. The van der Waals surface area contributed by atoms with Crippen molar-refractivity contribution in [2.24, 2.45) is 0 Å². The Morgan fingerprint density at radius 3 is 2.94 bits per heavy atom. The molecule has 2 rings (SSSR count). The van der Waals surface area contributed by atoms with Gasteiger partial charge in [-0.3, -0.25) is 0 Å². The molecule has 0 aliphatic rings. The van der Waals surface area contributed by atoms with Gasteiger partial charge in [-0.05, 0) is 6.42 Å². The van der Waals surface area contributed by atoms with Crippen LogP contribution in [0.2, 0.25) is 0 Å². The second-order valence-electron chi connectivity index (χ2n) is 3.46. The lowest BCUT2D eigenvalue weighted by Gasteiger charge is -2.01. The maximum Gasteiger partial charge on any atom is 0.162 e. The highest BCUT2D eigenvalue weighted by molar-refractivity contribution is 7.99. The van der Waals surface area contributed by atoms with E-state index < -0.39 is 0 Å². The average molecular weight is 246 g/mol. The summed E-state index contributed by atoms with van der Waals surface area (Å²) in [5.41, 5.74) is 0.883. The number of fused-ring (bicyclic) bond motifs is 1. The van der Waals surface area contributed by atoms with E-state index in [9.17, 15) is 0 Å². The standard InChI is InChI=1S/C12H14N4S/c1-3-5-6-16-11-10(8-15-16)12(14-9-13-11)17-7-4-2/h3-4,8-9H,1-2,5-7H2. The topological polar surface area (TPSA) is 43.6 Å². The van der Waals surface area contributed by atoms with Crippen LogP contribution in [0.1, 0.15) is 6.42 Å². The second kappa shape index (κ2) is 5.63. The quantitative estimate of drug-likeness (QED) is 0.446. The number of hydrogen-bond acceptors (Lipinski definition) is 4. The molecule has 0 saturated heterocycles. The summed E-state index contributed by atoms with van der Waals surface area (Å²) in [5, 5.41) is 6.29. The number of hydrogen-bond donors (Lipinski definition) is 0. The van der Waals surface area contributed by atoms with Crippen molar-refractivity contribution in [1.29, 1.82) is 0 Å². The van der Waals surface area contributed by atoms with E-state index in [4.69, 9.17) is 0 Å². The Hall–Kier alpha value is -1.62. The third kappa shape index (κ3) is 2.55. The van der Waals surface area contributed by atoms with Crippen LogP contribution in [0.4, 0.5) is 0 Å². The normalized spacial score (nSPS) is 10.6. The molecule has 2 aromatic heterocycles. The molecule has 0 radical (unpaired) electrons. The molecule has 5 heteroatoms. The Balaban J connectivity index is 2.34. The maximum absolute atomic E-state index is 4.33. The molecular weight excluding hydrogens is 232 g/mol. The van der Waals surface area contributed by atoms with Gasteiger partial charge in [-0.25, -0.2) is 14.6 Å². The summed E-state index contributed by atoms with van der Waals surface area (Å²) in [6.45, 7) is 8.22. The number of allylic oxidation sites excluding steroid dienone is 1. The van der Waals surface area contributed by atoms with Crippen molar-refractivity contribution in [2.45, 2.75) is 18.0 Å². The van der Waals surface area contributed by atoms with Gasteiger partial charge in [0.05, 0.1) is 11.6 Å². The molecule has 2 aromatic rings. The van der Waals surface area contributed by atoms with Crippen LogP contribution in [0.5, 0.6) is 0 Å². The predicted molar refractivity (Wildman–Crippen MR) is 71.1 cm³/mol. The van der Waals surface area contributed by atoms with Crippen LogP contribution in [-0.4, -0.2) is 25.5 Å². The van der Waals surface area contributed by atoms with E-state index in [1.807, 2.05) is 23.0 Å². The van der Waals surface area contributed by atoms with E-state index in [1.165, 1.54) is 0 Å². The van der Waals surface area contributed by atoms with Crippen LogP contribution in [0.3, 0.4) is 0 Å². The number of rotatable bonds is 6. The zero-order valence-electron chi connectivity index (χ0n) is 9.54. The Morgan fingerprint density at radius 2 is 2.18 bits per heavy atom. The molecule has 17 heavy (non-hydrogen) atoms. The van der Waals surface area contributed by atoms with E-state index in [0.29, 0.717) is 0 Å². The van der Waals surface area contributed by atoms with Gasteiger partial charge in [0.2, 0.25) is 0 Å². The van der Waals surface area contributed by atoms with Crippen LogP contribution >= 0.6 is 11.8 Å². The molecular formula is C12H14N4S. The highest BCUT2D eigenvalue weighted by Gasteiger charge is 2.08. The van der Waals surface area contributed by atoms with Crippen molar-refractivity contribution in [3.63, 3.8) is 0 Å². The van der Waals surface area contributed by atoms with Crippen molar-refractivity contribution < 1.29 is 0 Å². The van der Waals surface area contributed by atoms with Gasteiger partial charge in [-0.15, -0.1) is 24.9 Å². The van der Waals surface area contributed by atoms with E-state index in [2.05, 4.69) is 28.2 Å². The van der Waals surface area contributed by atoms with Crippen molar-refractivity contribution in [1.82, 2.24) is 19.7 Å². The SMILES string of the molecule is C=CCCn1ncc2c(SCC=C)ncnc21. The second-order valence-corrected chi connectivity index (χ2v) is 4.47. The molecule has 0 aliphatic heterocycles. The molecule has 0 aliphatic carbocycles. The number of thioether (sulfide) groups is 1. The van der Waals surface area contributed by atoms with Gasteiger partial charge in [-0.2, -0.15) is 5.10 Å². The van der Waals surface area contributed by atoms with Gasteiger partial charge in [-0.1, -0.05) is 12.2 Å². The van der Waals surface area contributed by atoms with Gasteiger partial charge < -0.3 is 0 Å². The fourth-order valence-electron chi connectivity index (χ4n) is 1.50. The molecule has 0 aromatic carbocycles. The molecule has 0 fully saturated rings. The van der Waals surface area contributed by atoms with Gasteiger partial charge in [0.1, 0.15) is 11.4 Å². The molecule has 0 saturated carbocycles. The summed E-state index contributed by atoms with van der Waals surface area (Å²) in [6, 6.07) is 0. The highest BCUT2D eigenvalue weighted by atomic mass is 32.2.